The quantitative estimate of drug-likeness (QED) is 0.855. The highest BCUT2D eigenvalue weighted by molar-refractivity contribution is 9.10. The van der Waals surface area contributed by atoms with E-state index in [1.54, 1.807) is 0 Å². The van der Waals surface area contributed by atoms with Crippen molar-refractivity contribution in [3.8, 4) is 0 Å². The first-order valence-corrected chi connectivity index (χ1v) is 7.39. The van der Waals surface area contributed by atoms with Gasteiger partial charge < -0.3 is 10.1 Å². The molecule has 1 N–H and O–H groups in total. The summed E-state index contributed by atoms with van der Waals surface area (Å²) in [6.45, 7) is 4.40. The molecule has 0 radical (unpaired) electrons. The Morgan fingerprint density at radius 3 is 2.58 bits per heavy atom. The van der Waals surface area contributed by atoms with Gasteiger partial charge in [0.25, 0.3) is 0 Å². The third-order valence-electron chi connectivity index (χ3n) is 3.99. The van der Waals surface area contributed by atoms with Crippen molar-refractivity contribution in [3.05, 3.63) is 28.7 Å². The molecule has 1 fully saturated rings. The second-order valence-electron chi connectivity index (χ2n) is 5.59. The van der Waals surface area contributed by atoms with Gasteiger partial charge in [0.05, 0.1) is 7.11 Å². The Kier molecular flexibility index (Phi) is 4.19. The van der Waals surface area contributed by atoms with Crippen LogP contribution in [0.15, 0.2) is 28.7 Å². The SMILES string of the molecule is COC(=O)C1(Nc2ccccc2Br)CC(C(C)C)C1. The zero-order chi connectivity index (χ0) is 14.0. The average Bonchev–Trinajstić information content (AvgIpc) is 2.34. The molecule has 4 heteroatoms. The normalized spacial score (nSPS) is 25.8. The molecule has 2 rings (SSSR count). The third-order valence-corrected chi connectivity index (χ3v) is 4.68. The van der Waals surface area contributed by atoms with Gasteiger partial charge in [0.2, 0.25) is 0 Å². The van der Waals surface area contributed by atoms with E-state index in [1.807, 2.05) is 24.3 Å². The van der Waals surface area contributed by atoms with Gasteiger partial charge in [0.15, 0.2) is 0 Å². The van der Waals surface area contributed by atoms with Crippen LogP contribution in [0.1, 0.15) is 26.7 Å². The number of methoxy groups -OCH3 is 1. The lowest BCUT2D eigenvalue weighted by molar-refractivity contribution is -0.151. The zero-order valence-electron chi connectivity index (χ0n) is 11.6. The van der Waals surface area contributed by atoms with Crippen molar-refractivity contribution in [1.82, 2.24) is 0 Å². The van der Waals surface area contributed by atoms with E-state index < -0.39 is 5.54 Å². The van der Waals surface area contributed by atoms with Crippen LogP contribution >= 0.6 is 15.9 Å². The number of hydrogen-bond donors (Lipinski definition) is 1. The Morgan fingerprint density at radius 1 is 1.42 bits per heavy atom. The van der Waals surface area contributed by atoms with E-state index in [1.165, 1.54) is 7.11 Å². The molecule has 19 heavy (non-hydrogen) atoms. The van der Waals surface area contributed by atoms with Gasteiger partial charge in [-0.15, -0.1) is 0 Å². The van der Waals surface area contributed by atoms with E-state index >= 15 is 0 Å². The van der Waals surface area contributed by atoms with Crippen molar-refractivity contribution in [2.24, 2.45) is 11.8 Å². The molecular formula is C15H20BrNO2. The summed E-state index contributed by atoms with van der Waals surface area (Å²) in [6, 6.07) is 7.85. The van der Waals surface area contributed by atoms with Crippen LogP contribution < -0.4 is 5.32 Å². The van der Waals surface area contributed by atoms with E-state index in [2.05, 4.69) is 35.1 Å². The van der Waals surface area contributed by atoms with Gasteiger partial charge >= 0.3 is 5.97 Å². The molecule has 0 heterocycles. The largest absolute Gasteiger partial charge is 0.467 e. The van der Waals surface area contributed by atoms with Gasteiger partial charge in [0, 0.05) is 10.2 Å². The Bertz CT molecular complexity index is 467. The molecule has 3 nitrogen and oxygen atoms in total. The van der Waals surface area contributed by atoms with E-state index in [4.69, 9.17) is 4.74 Å². The first-order valence-electron chi connectivity index (χ1n) is 6.59. The summed E-state index contributed by atoms with van der Waals surface area (Å²) >= 11 is 3.50. The van der Waals surface area contributed by atoms with Gasteiger partial charge in [-0.2, -0.15) is 0 Å². The van der Waals surface area contributed by atoms with E-state index in [-0.39, 0.29) is 5.97 Å². The molecule has 1 aliphatic carbocycles. The molecule has 0 saturated heterocycles. The monoisotopic (exact) mass is 325 g/mol. The summed E-state index contributed by atoms with van der Waals surface area (Å²) in [5.74, 6) is 1.01. The van der Waals surface area contributed by atoms with Crippen molar-refractivity contribution in [1.29, 1.82) is 0 Å². The summed E-state index contributed by atoms with van der Waals surface area (Å²) in [6.07, 6.45) is 1.66. The minimum atomic E-state index is -0.562. The number of benzene rings is 1. The standard InChI is InChI=1S/C15H20BrNO2/c1-10(2)11-8-15(9-11,14(18)19-3)17-13-7-5-4-6-12(13)16/h4-7,10-11,17H,8-9H2,1-3H3. The second-order valence-corrected chi connectivity index (χ2v) is 6.45. The minimum absolute atomic E-state index is 0.167. The summed E-state index contributed by atoms with van der Waals surface area (Å²) in [7, 11) is 1.45. The van der Waals surface area contributed by atoms with E-state index in [0.29, 0.717) is 11.8 Å². The predicted molar refractivity (Wildman–Crippen MR) is 80.1 cm³/mol. The summed E-state index contributed by atoms with van der Waals surface area (Å²) < 4.78 is 5.95. The van der Waals surface area contributed by atoms with Crippen molar-refractivity contribution in [2.45, 2.75) is 32.2 Å². The Balaban J connectivity index is 2.18. The van der Waals surface area contributed by atoms with Crippen LogP contribution in [0.2, 0.25) is 0 Å². The van der Waals surface area contributed by atoms with Crippen molar-refractivity contribution < 1.29 is 9.53 Å². The molecular weight excluding hydrogens is 306 g/mol. The molecule has 0 spiro atoms. The van der Waals surface area contributed by atoms with Crippen molar-refractivity contribution in [3.63, 3.8) is 0 Å². The zero-order valence-corrected chi connectivity index (χ0v) is 13.2. The second kappa shape index (κ2) is 5.53. The van der Waals surface area contributed by atoms with Gasteiger partial charge in [-0.05, 0) is 52.7 Å². The van der Waals surface area contributed by atoms with E-state index in [9.17, 15) is 4.79 Å². The maximum absolute atomic E-state index is 12.1. The maximum Gasteiger partial charge on any atom is 0.331 e. The summed E-state index contributed by atoms with van der Waals surface area (Å²) in [5.41, 5.74) is 0.378. The Labute approximate surface area is 122 Å². The third kappa shape index (κ3) is 2.78. The minimum Gasteiger partial charge on any atom is -0.467 e. The highest BCUT2D eigenvalue weighted by Gasteiger charge is 2.52. The van der Waals surface area contributed by atoms with Crippen LogP contribution in [-0.4, -0.2) is 18.6 Å². The highest BCUT2D eigenvalue weighted by atomic mass is 79.9. The number of nitrogens with one attached hydrogen (secondary N) is 1. The number of carbonyl (C=O) groups is 1. The smallest absolute Gasteiger partial charge is 0.331 e. The molecule has 1 aliphatic rings. The fourth-order valence-electron chi connectivity index (χ4n) is 2.64. The topological polar surface area (TPSA) is 38.3 Å². The lowest BCUT2D eigenvalue weighted by Crippen LogP contribution is -2.58. The summed E-state index contributed by atoms with van der Waals surface area (Å²) in [5, 5.41) is 3.37. The van der Waals surface area contributed by atoms with Crippen molar-refractivity contribution in [2.75, 3.05) is 12.4 Å². The Hall–Kier alpha value is -1.03. The number of hydrogen-bond acceptors (Lipinski definition) is 3. The fraction of sp³-hybridized carbons (Fsp3) is 0.533. The number of ether oxygens (including phenoxy) is 1. The highest BCUT2D eigenvalue weighted by Crippen LogP contribution is 2.45. The van der Waals surface area contributed by atoms with Crippen LogP contribution in [0.4, 0.5) is 5.69 Å². The maximum atomic E-state index is 12.1. The number of esters is 1. The molecule has 0 bridgehead atoms. The van der Waals surface area contributed by atoms with Gasteiger partial charge in [-0.3, -0.25) is 0 Å². The van der Waals surface area contributed by atoms with Crippen LogP contribution in [0, 0.1) is 11.8 Å². The van der Waals surface area contributed by atoms with Crippen LogP contribution in [0.3, 0.4) is 0 Å². The number of halogens is 1. The first kappa shape index (κ1) is 14.4. The molecule has 1 saturated carbocycles. The fourth-order valence-corrected chi connectivity index (χ4v) is 3.03. The summed E-state index contributed by atoms with van der Waals surface area (Å²) in [4.78, 5) is 12.1. The average molecular weight is 326 g/mol. The molecule has 0 aromatic heterocycles. The number of anilines is 1. The lowest BCUT2D eigenvalue weighted by atomic mass is 9.64. The number of para-hydroxylation sites is 1. The van der Waals surface area contributed by atoms with Crippen LogP contribution in [0.25, 0.3) is 0 Å². The first-order chi connectivity index (χ1) is 8.98. The molecule has 0 amide bonds. The molecule has 0 atom stereocenters. The molecule has 1 aromatic carbocycles. The Morgan fingerprint density at radius 2 is 2.05 bits per heavy atom. The predicted octanol–water partition coefficient (Wildman–Crippen LogP) is 3.84. The van der Waals surface area contributed by atoms with Crippen LogP contribution in [0.5, 0.6) is 0 Å². The van der Waals surface area contributed by atoms with Gasteiger partial charge in [-0.25, -0.2) is 4.79 Å². The van der Waals surface area contributed by atoms with Crippen molar-refractivity contribution >= 4 is 27.6 Å². The molecule has 1 aromatic rings. The van der Waals surface area contributed by atoms with Crippen LogP contribution in [-0.2, 0) is 9.53 Å². The lowest BCUT2D eigenvalue weighted by Gasteiger charge is -2.48. The number of carbonyl (C=O) groups excluding carboxylic acids is 1. The molecule has 0 unspecified atom stereocenters. The number of rotatable bonds is 4. The molecule has 104 valence electrons. The van der Waals surface area contributed by atoms with Gasteiger partial charge in [-0.1, -0.05) is 26.0 Å². The molecule has 0 aliphatic heterocycles. The van der Waals surface area contributed by atoms with E-state index in [0.717, 1.165) is 23.0 Å². The van der Waals surface area contributed by atoms with Gasteiger partial charge in [0.1, 0.15) is 5.54 Å².